The molecule has 0 aromatic heterocycles. The highest BCUT2D eigenvalue weighted by Crippen LogP contribution is 2.07. The maximum atomic E-state index is 11.2. The Morgan fingerprint density at radius 2 is 2.17 bits per heavy atom. The van der Waals surface area contributed by atoms with Crippen molar-refractivity contribution in [3.05, 3.63) is 35.9 Å². The smallest absolute Gasteiger partial charge is 0.362 e. The Labute approximate surface area is 108 Å². The Kier molecular flexibility index (Phi) is 4.37. The minimum Gasteiger partial charge on any atom is -0.477 e. The zero-order chi connectivity index (χ0) is 13.0. The van der Waals surface area contributed by atoms with E-state index in [-0.39, 0.29) is 6.04 Å². The molecule has 3 nitrogen and oxygen atoms in total. The highest BCUT2D eigenvalue weighted by atomic mass is 16.4. The molecule has 0 spiro atoms. The zero-order valence-electron chi connectivity index (χ0n) is 10.9. The number of nitrogens with one attached hydrogen (secondary N) is 1. The second-order valence-corrected chi connectivity index (χ2v) is 5.28. The number of likely N-dealkylation sites (tertiary alicyclic amines) is 1. The highest BCUT2D eigenvalue weighted by molar-refractivity contribution is 5.72. The van der Waals surface area contributed by atoms with Crippen LogP contribution < -0.4 is 4.90 Å². The molecule has 0 saturated carbocycles. The minimum atomic E-state index is -0.630. The Morgan fingerprint density at radius 1 is 1.44 bits per heavy atom. The molecule has 0 radical (unpaired) electrons. The maximum absolute atomic E-state index is 11.2. The first-order chi connectivity index (χ1) is 8.68. The molecule has 0 bridgehead atoms. The summed E-state index contributed by atoms with van der Waals surface area (Å²) in [6, 6.07) is 10.7. The number of benzene rings is 1. The van der Waals surface area contributed by atoms with Crippen LogP contribution in [0.4, 0.5) is 0 Å². The van der Waals surface area contributed by atoms with Gasteiger partial charge in [-0.25, -0.2) is 4.79 Å². The van der Waals surface area contributed by atoms with E-state index in [0.29, 0.717) is 6.04 Å². The van der Waals surface area contributed by atoms with Gasteiger partial charge in [0, 0.05) is 19.3 Å². The van der Waals surface area contributed by atoms with Crippen LogP contribution in [0.1, 0.15) is 31.7 Å². The molecule has 1 saturated heterocycles. The third kappa shape index (κ3) is 3.10. The number of rotatable bonds is 5. The lowest BCUT2D eigenvalue weighted by Gasteiger charge is -2.25. The zero-order valence-corrected chi connectivity index (χ0v) is 10.9. The summed E-state index contributed by atoms with van der Waals surface area (Å²) in [6.07, 6.45) is 3.98. The van der Waals surface area contributed by atoms with E-state index in [4.69, 9.17) is 0 Å². The Bertz CT molecular complexity index is 391. The maximum Gasteiger partial charge on any atom is 0.362 e. The molecule has 1 fully saturated rings. The van der Waals surface area contributed by atoms with E-state index in [1.54, 1.807) is 0 Å². The van der Waals surface area contributed by atoms with Crippen LogP contribution in [0.15, 0.2) is 30.3 Å². The van der Waals surface area contributed by atoms with Crippen LogP contribution in [0.2, 0.25) is 0 Å². The molecule has 1 aliphatic rings. The first kappa shape index (κ1) is 13.1. The lowest BCUT2D eigenvalue weighted by molar-refractivity contribution is -0.927. The molecule has 1 heterocycles. The van der Waals surface area contributed by atoms with Gasteiger partial charge in [-0.15, -0.1) is 0 Å². The van der Waals surface area contributed by atoms with E-state index in [1.807, 2.05) is 6.07 Å². The van der Waals surface area contributed by atoms with Crippen LogP contribution in [0.25, 0.3) is 0 Å². The average molecular weight is 248 g/mol. The molecular weight excluding hydrogens is 226 g/mol. The number of carbonyl (C=O) groups is 1. The lowest BCUT2D eigenvalue weighted by atomic mass is 10.0. The topological polar surface area (TPSA) is 41.7 Å². The first-order valence-corrected chi connectivity index (χ1v) is 6.81. The fraction of sp³-hybridized carbons (Fsp3) is 0.533. The van der Waals surface area contributed by atoms with Crippen molar-refractivity contribution >= 4 is 5.97 Å². The highest BCUT2D eigenvalue weighted by Gasteiger charge is 2.37. The second kappa shape index (κ2) is 6.01. The molecule has 98 valence electrons. The number of aryl methyl sites for hydroxylation is 1. The van der Waals surface area contributed by atoms with Crippen molar-refractivity contribution in [1.82, 2.24) is 0 Å². The fourth-order valence-electron chi connectivity index (χ4n) is 2.96. The minimum absolute atomic E-state index is 0.184. The summed E-state index contributed by atoms with van der Waals surface area (Å²) in [6.45, 7) is 3.19. The van der Waals surface area contributed by atoms with Crippen molar-refractivity contribution in [2.24, 2.45) is 0 Å². The number of hydrogen-bond donors (Lipinski definition) is 2. The van der Waals surface area contributed by atoms with Crippen molar-refractivity contribution in [3.8, 4) is 0 Å². The molecule has 2 N–H and O–H groups in total. The molecule has 0 amide bonds. The van der Waals surface area contributed by atoms with Gasteiger partial charge >= 0.3 is 5.97 Å². The average Bonchev–Trinajstić information content (AvgIpc) is 2.86. The van der Waals surface area contributed by atoms with E-state index in [9.17, 15) is 9.90 Å². The monoisotopic (exact) mass is 248 g/mol. The van der Waals surface area contributed by atoms with Crippen molar-refractivity contribution in [1.29, 1.82) is 0 Å². The summed E-state index contributed by atoms with van der Waals surface area (Å²) < 4.78 is 0. The van der Waals surface area contributed by atoms with Crippen LogP contribution in [-0.2, 0) is 11.2 Å². The van der Waals surface area contributed by atoms with Crippen LogP contribution in [0.3, 0.4) is 0 Å². The summed E-state index contributed by atoms with van der Waals surface area (Å²) in [5.74, 6) is -0.630. The van der Waals surface area contributed by atoms with Crippen molar-refractivity contribution < 1.29 is 14.8 Å². The molecule has 0 aliphatic carbocycles. The van der Waals surface area contributed by atoms with Gasteiger partial charge in [-0.1, -0.05) is 30.3 Å². The summed E-state index contributed by atoms with van der Waals surface area (Å²) >= 11 is 0. The number of carboxylic acids is 1. The van der Waals surface area contributed by atoms with Gasteiger partial charge in [0.1, 0.15) is 0 Å². The summed E-state index contributed by atoms with van der Waals surface area (Å²) in [5.41, 5.74) is 1.34. The Balaban J connectivity index is 1.88. The van der Waals surface area contributed by atoms with E-state index in [2.05, 4.69) is 31.2 Å². The van der Waals surface area contributed by atoms with Gasteiger partial charge in [-0.2, -0.15) is 0 Å². The predicted octanol–water partition coefficient (Wildman–Crippen LogP) is 1.14. The molecule has 18 heavy (non-hydrogen) atoms. The second-order valence-electron chi connectivity index (χ2n) is 5.28. The Hall–Kier alpha value is -1.35. The first-order valence-electron chi connectivity index (χ1n) is 6.81. The van der Waals surface area contributed by atoms with Crippen LogP contribution in [0.5, 0.6) is 0 Å². The van der Waals surface area contributed by atoms with Crippen LogP contribution >= 0.6 is 0 Å². The van der Waals surface area contributed by atoms with Gasteiger partial charge in [0.05, 0.1) is 12.6 Å². The molecule has 3 atom stereocenters. The molecule has 2 unspecified atom stereocenters. The third-order valence-corrected chi connectivity index (χ3v) is 4.05. The van der Waals surface area contributed by atoms with E-state index >= 15 is 0 Å². The van der Waals surface area contributed by atoms with Crippen molar-refractivity contribution in [3.63, 3.8) is 0 Å². The molecule has 3 heteroatoms. The van der Waals surface area contributed by atoms with Gasteiger partial charge in [-0.05, 0) is 18.9 Å². The molecule has 1 aromatic carbocycles. The summed E-state index contributed by atoms with van der Waals surface area (Å²) in [7, 11) is 0. The largest absolute Gasteiger partial charge is 0.477 e. The van der Waals surface area contributed by atoms with Crippen molar-refractivity contribution in [2.75, 3.05) is 6.54 Å². The summed E-state index contributed by atoms with van der Waals surface area (Å²) in [4.78, 5) is 12.4. The predicted molar refractivity (Wildman–Crippen MR) is 70.7 cm³/mol. The van der Waals surface area contributed by atoms with Gasteiger partial charge in [0.15, 0.2) is 6.04 Å². The van der Waals surface area contributed by atoms with Gasteiger partial charge in [0.2, 0.25) is 0 Å². The Morgan fingerprint density at radius 3 is 2.83 bits per heavy atom. The van der Waals surface area contributed by atoms with Crippen LogP contribution in [0, 0.1) is 0 Å². The van der Waals surface area contributed by atoms with Gasteiger partial charge < -0.3 is 10.0 Å². The van der Waals surface area contributed by atoms with Gasteiger partial charge in [0.25, 0.3) is 0 Å². The van der Waals surface area contributed by atoms with Crippen molar-refractivity contribution in [2.45, 2.75) is 44.7 Å². The fourth-order valence-corrected chi connectivity index (χ4v) is 2.96. The number of carboxylic acid groups (broad SMARTS) is 1. The molecule has 2 rings (SSSR count). The van der Waals surface area contributed by atoms with Crippen LogP contribution in [-0.4, -0.2) is 29.7 Å². The molecule has 1 aliphatic heterocycles. The molecular formula is C15H22NO2+. The van der Waals surface area contributed by atoms with E-state index in [0.717, 1.165) is 32.2 Å². The SMILES string of the molecule is CC(CCc1ccccc1)[NH+]1CCC[C@H]1C(=O)O. The van der Waals surface area contributed by atoms with Gasteiger partial charge in [-0.3, -0.25) is 0 Å². The number of quaternary nitrogens is 1. The lowest BCUT2D eigenvalue weighted by Crippen LogP contribution is -3.17. The number of aliphatic carboxylic acids is 1. The standard InChI is InChI=1S/C15H21NO2/c1-12(9-10-13-6-3-2-4-7-13)16-11-5-8-14(16)15(17)18/h2-4,6-7,12,14H,5,8-11H2,1H3,(H,17,18)/p+1/t12?,14-/m0/s1. The summed E-state index contributed by atoms with van der Waals surface area (Å²) in [5, 5.41) is 9.20. The third-order valence-electron chi connectivity index (χ3n) is 4.05. The van der Waals surface area contributed by atoms with E-state index < -0.39 is 5.97 Å². The number of hydrogen-bond acceptors (Lipinski definition) is 1. The quantitative estimate of drug-likeness (QED) is 0.820. The molecule has 1 aromatic rings. The van der Waals surface area contributed by atoms with E-state index in [1.165, 1.54) is 10.5 Å². The normalized spacial score (nSPS) is 24.9.